The summed E-state index contributed by atoms with van der Waals surface area (Å²) in [5, 5.41) is 3.28. The number of rotatable bonds is 5. The maximum atomic E-state index is 14.2. The molecule has 0 aliphatic carbocycles. The number of hydrogen-bond acceptors (Lipinski definition) is 4. The second kappa shape index (κ2) is 8.58. The summed E-state index contributed by atoms with van der Waals surface area (Å²) in [6.45, 7) is 1.85. The molecule has 0 radical (unpaired) electrons. The van der Waals surface area contributed by atoms with E-state index in [0.717, 1.165) is 25.9 Å². The normalized spacial score (nSPS) is 15.2. The number of ether oxygens (including phenoxy) is 1. The molecule has 136 valence electrons. The molecule has 0 unspecified atom stereocenters. The highest BCUT2D eigenvalue weighted by Gasteiger charge is 2.20. The van der Waals surface area contributed by atoms with Gasteiger partial charge in [-0.2, -0.15) is 0 Å². The van der Waals surface area contributed by atoms with Gasteiger partial charge in [0.1, 0.15) is 5.75 Å². The minimum absolute atomic E-state index is 0.0759. The highest BCUT2D eigenvalue weighted by Crippen LogP contribution is 2.25. The van der Waals surface area contributed by atoms with Crippen LogP contribution in [0.1, 0.15) is 18.4 Å². The molecule has 1 amide bonds. The Morgan fingerprint density at radius 2 is 2.15 bits per heavy atom. The van der Waals surface area contributed by atoms with Crippen LogP contribution in [-0.2, 0) is 4.79 Å². The van der Waals surface area contributed by atoms with Gasteiger partial charge in [-0.05, 0) is 61.8 Å². The van der Waals surface area contributed by atoms with E-state index in [1.165, 1.54) is 18.3 Å². The van der Waals surface area contributed by atoms with Crippen LogP contribution < -0.4 is 10.1 Å². The number of nitrogens with one attached hydrogen (secondary N) is 1. The maximum absolute atomic E-state index is 14.2. The standard InChI is InChI=1S/C20H22FN3O2/c1-24(16-8-11-22-12-9-16)20(25)7-5-15-4-6-19(18(21)13-15)26-17-3-2-10-23-14-17/h2-7,10,13-14,16,22H,8-9,11-12H2,1H3/b7-5+. The quantitative estimate of drug-likeness (QED) is 0.837. The van der Waals surface area contributed by atoms with E-state index in [1.54, 1.807) is 41.4 Å². The number of piperidine rings is 1. The summed E-state index contributed by atoms with van der Waals surface area (Å²) in [5.74, 6) is 0.0184. The zero-order valence-electron chi connectivity index (χ0n) is 14.7. The third-order valence-electron chi connectivity index (χ3n) is 4.44. The van der Waals surface area contributed by atoms with Crippen molar-refractivity contribution in [3.8, 4) is 11.5 Å². The molecule has 1 aliphatic heterocycles. The number of nitrogens with zero attached hydrogens (tertiary/aromatic N) is 2. The number of aromatic nitrogens is 1. The molecule has 1 N–H and O–H groups in total. The topological polar surface area (TPSA) is 54.5 Å². The number of benzene rings is 1. The Morgan fingerprint density at radius 1 is 1.35 bits per heavy atom. The fraction of sp³-hybridized carbons (Fsp3) is 0.300. The van der Waals surface area contributed by atoms with Gasteiger partial charge >= 0.3 is 0 Å². The summed E-state index contributed by atoms with van der Waals surface area (Å²) in [7, 11) is 1.81. The fourth-order valence-corrected chi connectivity index (χ4v) is 2.90. The van der Waals surface area contributed by atoms with Crippen molar-refractivity contribution in [3.05, 3.63) is 60.2 Å². The van der Waals surface area contributed by atoms with Crippen molar-refractivity contribution in [3.63, 3.8) is 0 Å². The van der Waals surface area contributed by atoms with Crippen molar-refractivity contribution < 1.29 is 13.9 Å². The first kappa shape index (κ1) is 18.1. The Kier molecular flexibility index (Phi) is 5.96. The van der Waals surface area contributed by atoms with Crippen molar-refractivity contribution >= 4 is 12.0 Å². The summed E-state index contributed by atoms with van der Waals surface area (Å²) in [5.41, 5.74) is 0.605. The van der Waals surface area contributed by atoms with Crippen molar-refractivity contribution in [2.24, 2.45) is 0 Å². The molecule has 1 saturated heterocycles. The monoisotopic (exact) mass is 355 g/mol. The van der Waals surface area contributed by atoms with E-state index >= 15 is 0 Å². The first-order valence-corrected chi connectivity index (χ1v) is 8.66. The summed E-state index contributed by atoms with van der Waals surface area (Å²) in [4.78, 5) is 18.0. The van der Waals surface area contributed by atoms with Crippen molar-refractivity contribution in [1.29, 1.82) is 0 Å². The van der Waals surface area contributed by atoms with Crippen LogP contribution in [0.2, 0.25) is 0 Å². The zero-order valence-corrected chi connectivity index (χ0v) is 14.7. The minimum Gasteiger partial charge on any atom is -0.453 e. The van der Waals surface area contributed by atoms with Gasteiger partial charge in [-0.3, -0.25) is 9.78 Å². The summed E-state index contributed by atoms with van der Waals surface area (Å²) in [6, 6.07) is 8.27. The highest BCUT2D eigenvalue weighted by molar-refractivity contribution is 5.91. The first-order valence-electron chi connectivity index (χ1n) is 8.66. The summed E-state index contributed by atoms with van der Waals surface area (Å²) < 4.78 is 19.7. The van der Waals surface area contributed by atoms with Crippen LogP contribution in [-0.4, -0.2) is 42.0 Å². The molecule has 1 fully saturated rings. The summed E-state index contributed by atoms with van der Waals surface area (Å²) in [6.07, 6.45) is 8.14. The second-order valence-electron chi connectivity index (χ2n) is 6.24. The Hall–Kier alpha value is -2.73. The molecule has 6 heteroatoms. The molecule has 0 saturated carbocycles. The predicted octanol–water partition coefficient (Wildman–Crippen LogP) is 3.24. The van der Waals surface area contributed by atoms with E-state index < -0.39 is 5.82 Å². The molecule has 1 aromatic carbocycles. The molecule has 1 aliphatic rings. The van der Waals surface area contributed by atoms with Gasteiger partial charge in [0.15, 0.2) is 11.6 Å². The van der Waals surface area contributed by atoms with Crippen LogP contribution in [0.3, 0.4) is 0 Å². The molecule has 5 nitrogen and oxygen atoms in total. The van der Waals surface area contributed by atoms with Gasteiger partial charge in [-0.15, -0.1) is 0 Å². The number of amides is 1. The van der Waals surface area contributed by atoms with Gasteiger partial charge < -0.3 is 15.0 Å². The predicted molar refractivity (Wildman–Crippen MR) is 98.4 cm³/mol. The average Bonchev–Trinajstić information content (AvgIpc) is 2.69. The maximum Gasteiger partial charge on any atom is 0.246 e. The van der Waals surface area contributed by atoms with Crippen LogP contribution in [0.4, 0.5) is 4.39 Å². The average molecular weight is 355 g/mol. The van der Waals surface area contributed by atoms with Gasteiger partial charge in [0.2, 0.25) is 5.91 Å². The van der Waals surface area contributed by atoms with Gasteiger partial charge in [-0.1, -0.05) is 6.07 Å². The molecule has 0 bridgehead atoms. The number of carbonyl (C=O) groups is 1. The lowest BCUT2D eigenvalue weighted by Crippen LogP contribution is -2.43. The number of hydrogen-bond donors (Lipinski definition) is 1. The first-order chi connectivity index (χ1) is 12.6. The van der Waals surface area contributed by atoms with Gasteiger partial charge in [0, 0.05) is 25.4 Å². The van der Waals surface area contributed by atoms with Crippen molar-refractivity contribution in [2.75, 3.05) is 20.1 Å². The van der Waals surface area contributed by atoms with E-state index in [1.807, 2.05) is 7.05 Å². The minimum atomic E-state index is -0.491. The number of pyridine rings is 1. The van der Waals surface area contributed by atoms with E-state index in [9.17, 15) is 9.18 Å². The number of carbonyl (C=O) groups excluding carboxylic acids is 1. The second-order valence-corrected chi connectivity index (χ2v) is 6.24. The van der Waals surface area contributed by atoms with Gasteiger partial charge in [-0.25, -0.2) is 4.39 Å². The van der Waals surface area contributed by atoms with Crippen LogP contribution in [0, 0.1) is 5.82 Å². The Bertz CT molecular complexity index is 774. The molecule has 0 spiro atoms. The van der Waals surface area contributed by atoms with E-state index in [2.05, 4.69) is 10.3 Å². The van der Waals surface area contributed by atoms with Crippen molar-refractivity contribution in [1.82, 2.24) is 15.2 Å². The Morgan fingerprint density at radius 3 is 2.85 bits per heavy atom. The lowest BCUT2D eigenvalue weighted by Gasteiger charge is -2.30. The van der Waals surface area contributed by atoms with E-state index in [4.69, 9.17) is 4.74 Å². The zero-order chi connectivity index (χ0) is 18.4. The van der Waals surface area contributed by atoms with Gasteiger partial charge in [0.05, 0.1) is 6.20 Å². The van der Waals surface area contributed by atoms with Crippen LogP contribution in [0.15, 0.2) is 48.8 Å². The van der Waals surface area contributed by atoms with Crippen LogP contribution in [0.5, 0.6) is 11.5 Å². The third kappa shape index (κ3) is 4.67. The lowest BCUT2D eigenvalue weighted by atomic mass is 10.1. The SMILES string of the molecule is CN(C(=O)/C=C/c1ccc(Oc2cccnc2)c(F)c1)C1CCNCC1. The Labute approximate surface area is 152 Å². The van der Waals surface area contributed by atoms with Crippen LogP contribution in [0.25, 0.3) is 6.08 Å². The van der Waals surface area contributed by atoms with Crippen LogP contribution >= 0.6 is 0 Å². The number of halogens is 1. The fourth-order valence-electron chi connectivity index (χ4n) is 2.90. The molecule has 2 heterocycles. The molecule has 26 heavy (non-hydrogen) atoms. The van der Waals surface area contributed by atoms with E-state index in [0.29, 0.717) is 11.3 Å². The third-order valence-corrected chi connectivity index (χ3v) is 4.44. The molecule has 2 aromatic rings. The molecular weight excluding hydrogens is 333 g/mol. The number of likely N-dealkylation sites (N-methyl/N-ethyl adjacent to an activating group) is 1. The smallest absolute Gasteiger partial charge is 0.246 e. The molecule has 1 aromatic heterocycles. The van der Waals surface area contributed by atoms with E-state index in [-0.39, 0.29) is 17.7 Å². The lowest BCUT2D eigenvalue weighted by molar-refractivity contribution is -0.127. The largest absolute Gasteiger partial charge is 0.453 e. The highest BCUT2D eigenvalue weighted by atomic mass is 19.1. The molecular formula is C20H22FN3O2. The Balaban J connectivity index is 1.63. The molecule has 3 rings (SSSR count). The van der Waals surface area contributed by atoms with Gasteiger partial charge in [0.25, 0.3) is 0 Å². The summed E-state index contributed by atoms with van der Waals surface area (Å²) >= 11 is 0. The van der Waals surface area contributed by atoms with Crippen molar-refractivity contribution in [2.45, 2.75) is 18.9 Å². The molecule has 0 atom stereocenters.